The third-order valence-corrected chi connectivity index (χ3v) is 5.37. The van der Waals surface area contributed by atoms with Gasteiger partial charge in [0.05, 0.1) is 10.6 Å². The van der Waals surface area contributed by atoms with Crippen LogP contribution in [0.2, 0.25) is 0 Å². The van der Waals surface area contributed by atoms with Crippen molar-refractivity contribution in [3.05, 3.63) is 53.0 Å². The van der Waals surface area contributed by atoms with Crippen molar-refractivity contribution in [3.63, 3.8) is 0 Å². The zero-order valence-electron chi connectivity index (χ0n) is 15.3. The summed E-state index contributed by atoms with van der Waals surface area (Å²) in [4.78, 5) is 27.3. The first-order chi connectivity index (χ1) is 14.0. The third-order valence-electron chi connectivity index (χ3n) is 4.19. The van der Waals surface area contributed by atoms with Gasteiger partial charge in [0.15, 0.2) is 11.5 Å². The zero-order valence-corrected chi connectivity index (χ0v) is 16.1. The molecule has 0 radical (unpaired) electrons. The number of carbonyl (C=O) groups is 2. The molecule has 8 nitrogen and oxygen atoms in total. The number of ether oxygens (including phenoxy) is 3. The lowest BCUT2D eigenvalue weighted by atomic mass is 10.2. The van der Waals surface area contributed by atoms with E-state index in [0.717, 1.165) is 26.9 Å². The molecule has 0 saturated heterocycles. The predicted molar refractivity (Wildman–Crippen MR) is 105 cm³/mol. The maximum absolute atomic E-state index is 11.2. The SMILES string of the molecule is Cc1nc(-c2ccc3c(c2)OCO3)sc1COc1ccc(NC(=O)C(=O)O)cc1. The molecule has 1 amide bonds. The minimum Gasteiger partial charge on any atom is -0.488 e. The van der Waals surface area contributed by atoms with Crippen molar-refractivity contribution in [2.45, 2.75) is 13.5 Å². The van der Waals surface area contributed by atoms with Crippen LogP contribution in [0.25, 0.3) is 10.6 Å². The van der Waals surface area contributed by atoms with Crippen molar-refractivity contribution in [2.75, 3.05) is 12.1 Å². The lowest BCUT2D eigenvalue weighted by Crippen LogP contribution is -2.21. The van der Waals surface area contributed by atoms with Crippen LogP contribution in [0.15, 0.2) is 42.5 Å². The van der Waals surface area contributed by atoms with E-state index in [2.05, 4.69) is 10.3 Å². The molecule has 29 heavy (non-hydrogen) atoms. The Labute approximate surface area is 169 Å². The molecule has 1 aromatic heterocycles. The molecule has 0 atom stereocenters. The number of nitrogens with one attached hydrogen (secondary N) is 1. The number of carboxylic acid groups (broad SMARTS) is 1. The highest BCUT2D eigenvalue weighted by Crippen LogP contribution is 2.37. The van der Waals surface area contributed by atoms with Crippen molar-refractivity contribution in [2.24, 2.45) is 0 Å². The molecule has 148 valence electrons. The number of aryl methyl sites for hydroxylation is 1. The van der Waals surface area contributed by atoms with E-state index in [1.165, 1.54) is 11.3 Å². The number of carbonyl (C=O) groups excluding carboxylic acids is 1. The number of hydrogen-bond donors (Lipinski definition) is 2. The molecule has 2 N–H and O–H groups in total. The van der Waals surface area contributed by atoms with Gasteiger partial charge in [-0.3, -0.25) is 4.79 Å². The molecule has 0 spiro atoms. The fourth-order valence-corrected chi connectivity index (χ4v) is 3.65. The molecule has 0 unspecified atom stereocenters. The van der Waals surface area contributed by atoms with E-state index in [0.29, 0.717) is 23.8 Å². The van der Waals surface area contributed by atoms with Gasteiger partial charge in [-0.25, -0.2) is 9.78 Å². The van der Waals surface area contributed by atoms with Crippen molar-refractivity contribution in [1.29, 1.82) is 0 Å². The van der Waals surface area contributed by atoms with Crippen molar-refractivity contribution in [1.82, 2.24) is 4.98 Å². The van der Waals surface area contributed by atoms with Crippen LogP contribution in [0.3, 0.4) is 0 Å². The third kappa shape index (κ3) is 4.14. The molecule has 2 aromatic carbocycles. The second-order valence-electron chi connectivity index (χ2n) is 6.17. The van der Waals surface area contributed by atoms with Crippen LogP contribution in [-0.4, -0.2) is 28.8 Å². The van der Waals surface area contributed by atoms with Crippen LogP contribution in [0.1, 0.15) is 10.6 Å². The topological polar surface area (TPSA) is 107 Å². The Morgan fingerprint density at radius 3 is 2.69 bits per heavy atom. The molecule has 4 rings (SSSR count). The first-order valence-electron chi connectivity index (χ1n) is 8.63. The molecular weight excluding hydrogens is 396 g/mol. The summed E-state index contributed by atoms with van der Waals surface area (Å²) < 4.78 is 16.6. The first kappa shape index (κ1) is 18.8. The minimum absolute atomic E-state index is 0.230. The van der Waals surface area contributed by atoms with Crippen molar-refractivity contribution >= 4 is 28.9 Å². The van der Waals surface area contributed by atoms with Crippen LogP contribution < -0.4 is 19.5 Å². The summed E-state index contributed by atoms with van der Waals surface area (Å²) in [6, 6.07) is 12.2. The lowest BCUT2D eigenvalue weighted by Gasteiger charge is -2.07. The molecule has 2 heterocycles. The summed E-state index contributed by atoms with van der Waals surface area (Å²) in [6.07, 6.45) is 0. The number of hydrogen-bond acceptors (Lipinski definition) is 7. The summed E-state index contributed by atoms with van der Waals surface area (Å²) in [5.41, 5.74) is 2.21. The number of thiazole rings is 1. The number of carboxylic acids is 1. The second kappa shape index (κ2) is 7.80. The van der Waals surface area contributed by atoms with E-state index < -0.39 is 11.9 Å². The van der Waals surface area contributed by atoms with Gasteiger partial charge in [-0.2, -0.15) is 0 Å². The standard InChI is InChI=1S/C20H16N2O6S/c1-11-17(9-26-14-5-3-13(4-6-14)22-18(23)20(24)25)29-19(21-11)12-2-7-15-16(8-12)28-10-27-15/h2-8H,9-10H2,1H3,(H,22,23)(H,24,25). The Hall–Kier alpha value is -3.59. The van der Waals surface area contributed by atoms with E-state index in [1.807, 2.05) is 25.1 Å². The first-order valence-corrected chi connectivity index (χ1v) is 9.45. The number of fused-ring (bicyclic) bond motifs is 1. The van der Waals surface area contributed by atoms with Crippen LogP contribution >= 0.6 is 11.3 Å². The van der Waals surface area contributed by atoms with Gasteiger partial charge in [-0.05, 0) is 49.4 Å². The Morgan fingerprint density at radius 2 is 1.93 bits per heavy atom. The Balaban J connectivity index is 1.41. The minimum atomic E-state index is -1.54. The van der Waals surface area contributed by atoms with Crippen LogP contribution in [0.5, 0.6) is 17.2 Å². The zero-order chi connectivity index (χ0) is 20.4. The highest BCUT2D eigenvalue weighted by molar-refractivity contribution is 7.15. The quantitative estimate of drug-likeness (QED) is 0.618. The van der Waals surface area contributed by atoms with E-state index >= 15 is 0 Å². The summed E-state index contributed by atoms with van der Waals surface area (Å²) in [6.45, 7) is 2.50. The smallest absolute Gasteiger partial charge is 0.394 e. The summed E-state index contributed by atoms with van der Waals surface area (Å²) in [5, 5.41) is 11.7. The van der Waals surface area contributed by atoms with Gasteiger partial charge < -0.3 is 24.6 Å². The van der Waals surface area contributed by atoms with Gasteiger partial charge >= 0.3 is 11.9 Å². The van der Waals surface area contributed by atoms with Gasteiger partial charge in [-0.1, -0.05) is 0 Å². The Kier molecular flexibility index (Phi) is 5.05. The van der Waals surface area contributed by atoms with Gasteiger partial charge in [0.1, 0.15) is 17.4 Å². The number of benzene rings is 2. The van der Waals surface area contributed by atoms with Gasteiger partial charge in [-0.15, -0.1) is 11.3 Å². The fraction of sp³-hybridized carbons (Fsp3) is 0.150. The average Bonchev–Trinajstić information content (AvgIpc) is 3.33. The molecule has 0 fully saturated rings. The van der Waals surface area contributed by atoms with Crippen LogP contribution in [0, 0.1) is 6.92 Å². The number of rotatable bonds is 5. The molecule has 0 saturated carbocycles. The monoisotopic (exact) mass is 412 g/mol. The Bertz CT molecular complexity index is 1080. The maximum Gasteiger partial charge on any atom is 0.394 e. The van der Waals surface area contributed by atoms with E-state index in [1.54, 1.807) is 24.3 Å². The highest BCUT2D eigenvalue weighted by atomic mass is 32.1. The van der Waals surface area contributed by atoms with Gasteiger partial charge in [0, 0.05) is 11.3 Å². The van der Waals surface area contributed by atoms with Crippen LogP contribution in [-0.2, 0) is 16.2 Å². The summed E-state index contributed by atoms with van der Waals surface area (Å²) in [7, 11) is 0. The fourth-order valence-electron chi connectivity index (χ4n) is 2.68. The number of nitrogens with zero attached hydrogens (tertiary/aromatic N) is 1. The average molecular weight is 412 g/mol. The molecule has 0 bridgehead atoms. The van der Waals surface area contributed by atoms with Crippen molar-refractivity contribution in [3.8, 4) is 27.8 Å². The molecular formula is C20H16N2O6S. The van der Waals surface area contributed by atoms with Gasteiger partial charge in [0.25, 0.3) is 0 Å². The van der Waals surface area contributed by atoms with Crippen LogP contribution in [0.4, 0.5) is 5.69 Å². The number of aliphatic carboxylic acids is 1. The summed E-state index contributed by atoms with van der Waals surface area (Å²) >= 11 is 1.54. The summed E-state index contributed by atoms with van der Waals surface area (Å²) in [5.74, 6) is -0.591. The van der Waals surface area contributed by atoms with Gasteiger partial charge in [0.2, 0.25) is 6.79 Å². The highest BCUT2D eigenvalue weighted by Gasteiger charge is 2.17. The molecule has 0 aliphatic carbocycles. The normalized spacial score (nSPS) is 11.9. The Morgan fingerprint density at radius 1 is 1.17 bits per heavy atom. The predicted octanol–water partition coefficient (Wildman–Crippen LogP) is 3.45. The van der Waals surface area contributed by atoms with E-state index in [9.17, 15) is 9.59 Å². The van der Waals surface area contributed by atoms with E-state index in [-0.39, 0.29) is 6.79 Å². The lowest BCUT2D eigenvalue weighted by molar-refractivity contribution is -0.147. The largest absolute Gasteiger partial charge is 0.488 e. The number of amides is 1. The maximum atomic E-state index is 11.2. The number of anilines is 1. The van der Waals surface area contributed by atoms with Crippen molar-refractivity contribution < 1.29 is 28.9 Å². The van der Waals surface area contributed by atoms with E-state index in [4.69, 9.17) is 19.3 Å². The molecule has 1 aliphatic heterocycles. The second-order valence-corrected chi connectivity index (χ2v) is 7.25. The molecule has 1 aliphatic rings. The molecule has 3 aromatic rings. The number of aromatic nitrogens is 1. The molecule has 9 heteroatoms.